The van der Waals surface area contributed by atoms with E-state index in [0.717, 1.165) is 0 Å². The normalized spacial score (nSPS) is 16.1. The number of nitrogens with zero attached hydrogens (tertiary/aromatic N) is 1. The first-order valence-corrected chi connectivity index (χ1v) is 9.35. The van der Waals surface area contributed by atoms with Crippen LogP contribution in [0.2, 0.25) is 0 Å². The quantitative estimate of drug-likeness (QED) is 0.623. The summed E-state index contributed by atoms with van der Waals surface area (Å²) in [6, 6.07) is 4.00. The Morgan fingerprint density at radius 1 is 1.26 bits per heavy atom. The van der Waals surface area contributed by atoms with Crippen LogP contribution in [0, 0.1) is 0 Å². The molecule has 9 heteroatoms. The molecule has 1 amide bonds. The van der Waals surface area contributed by atoms with Crippen molar-refractivity contribution in [3.63, 3.8) is 0 Å². The molecule has 0 atom stereocenters. The maximum absolute atomic E-state index is 12.7. The summed E-state index contributed by atoms with van der Waals surface area (Å²) in [4.78, 5) is 14.2. The number of ether oxygens (including phenoxy) is 3. The Labute approximate surface area is 164 Å². The first-order chi connectivity index (χ1) is 12.4. The van der Waals surface area contributed by atoms with E-state index in [2.05, 4.69) is 20.7 Å². The number of hydrogen-bond acceptors (Lipinski definition) is 4. The Balaban J connectivity index is 2.31. The van der Waals surface area contributed by atoms with Gasteiger partial charge in [0.15, 0.2) is 0 Å². The average molecular weight is 454 g/mol. The Bertz CT molecular complexity index is 655. The van der Waals surface area contributed by atoms with E-state index in [0.29, 0.717) is 30.5 Å². The summed E-state index contributed by atoms with van der Waals surface area (Å²) in [5, 5.41) is 0. The van der Waals surface area contributed by atoms with Crippen LogP contribution in [0.4, 0.5) is 18.0 Å². The zero-order valence-corrected chi connectivity index (χ0v) is 17.0. The van der Waals surface area contributed by atoms with Crippen molar-refractivity contribution in [1.82, 2.24) is 4.90 Å². The third kappa shape index (κ3) is 7.21. The van der Waals surface area contributed by atoms with Gasteiger partial charge in [0.1, 0.15) is 11.4 Å². The van der Waals surface area contributed by atoms with Gasteiger partial charge in [-0.2, -0.15) is 0 Å². The van der Waals surface area contributed by atoms with Crippen LogP contribution < -0.4 is 4.74 Å². The molecule has 0 aliphatic carbocycles. The van der Waals surface area contributed by atoms with Gasteiger partial charge in [0, 0.05) is 29.3 Å². The molecule has 0 unspecified atom stereocenters. The average Bonchev–Trinajstić information content (AvgIpc) is 2.53. The molecule has 1 aliphatic rings. The van der Waals surface area contributed by atoms with Gasteiger partial charge in [-0.15, -0.1) is 13.2 Å². The molecule has 152 valence electrons. The van der Waals surface area contributed by atoms with Crippen LogP contribution in [-0.4, -0.2) is 42.2 Å². The fourth-order valence-corrected chi connectivity index (χ4v) is 3.15. The predicted molar refractivity (Wildman–Crippen MR) is 96.4 cm³/mol. The molecule has 0 radical (unpaired) electrons. The topological polar surface area (TPSA) is 48.0 Å². The largest absolute Gasteiger partial charge is 0.573 e. The molecule has 1 heterocycles. The fourth-order valence-electron chi connectivity index (χ4n) is 2.74. The summed E-state index contributed by atoms with van der Waals surface area (Å²) in [5.74, 6) is -0.341. The van der Waals surface area contributed by atoms with Crippen LogP contribution >= 0.6 is 15.9 Å². The number of benzene rings is 1. The molecular weight excluding hydrogens is 431 g/mol. The van der Waals surface area contributed by atoms with Crippen LogP contribution in [-0.2, 0) is 16.0 Å². The minimum atomic E-state index is -4.82. The van der Waals surface area contributed by atoms with E-state index in [1.165, 1.54) is 23.1 Å². The number of halogens is 4. The first-order valence-electron chi connectivity index (χ1n) is 8.56. The van der Waals surface area contributed by atoms with Crippen LogP contribution in [0.5, 0.6) is 5.75 Å². The standard InChI is InChI=1S/C18H23BrF3NO4/c1-17(2,3)27-16(24)23(14-6-8-25-9-7-14)11-12-10-13(19)4-5-15(12)26-18(20,21)22/h4-5,10,14H,6-9,11H2,1-3H3. The van der Waals surface area contributed by atoms with Gasteiger partial charge in [0.25, 0.3) is 0 Å². The van der Waals surface area contributed by atoms with Gasteiger partial charge >= 0.3 is 12.5 Å². The van der Waals surface area contributed by atoms with E-state index in [4.69, 9.17) is 9.47 Å². The Kier molecular flexibility index (Phi) is 7.02. The van der Waals surface area contributed by atoms with Crippen LogP contribution in [0.3, 0.4) is 0 Å². The zero-order chi connectivity index (χ0) is 20.2. The lowest BCUT2D eigenvalue weighted by Gasteiger charge is -2.35. The highest BCUT2D eigenvalue weighted by molar-refractivity contribution is 9.10. The summed E-state index contributed by atoms with van der Waals surface area (Å²) in [5.41, 5.74) is -0.484. The molecule has 0 spiro atoms. The maximum Gasteiger partial charge on any atom is 0.573 e. The highest BCUT2D eigenvalue weighted by Crippen LogP contribution is 2.31. The lowest BCUT2D eigenvalue weighted by Crippen LogP contribution is -2.45. The van der Waals surface area contributed by atoms with Crippen LogP contribution in [0.15, 0.2) is 22.7 Å². The molecule has 5 nitrogen and oxygen atoms in total. The number of amides is 1. The molecule has 1 fully saturated rings. The molecule has 1 aromatic rings. The van der Waals surface area contributed by atoms with Crippen molar-refractivity contribution in [2.24, 2.45) is 0 Å². The van der Waals surface area contributed by atoms with Gasteiger partial charge in [0.05, 0.1) is 6.54 Å². The summed E-state index contributed by atoms with van der Waals surface area (Å²) < 4.78 is 53.7. The summed E-state index contributed by atoms with van der Waals surface area (Å²) in [7, 11) is 0. The lowest BCUT2D eigenvalue weighted by molar-refractivity contribution is -0.275. The Morgan fingerprint density at radius 2 is 1.89 bits per heavy atom. The monoisotopic (exact) mass is 453 g/mol. The second-order valence-electron chi connectivity index (χ2n) is 7.25. The highest BCUT2D eigenvalue weighted by Gasteiger charge is 2.34. The molecule has 1 aromatic carbocycles. The second kappa shape index (κ2) is 8.68. The van der Waals surface area contributed by atoms with Crippen LogP contribution in [0.25, 0.3) is 0 Å². The molecule has 0 N–H and O–H groups in total. The van der Waals surface area contributed by atoms with Crippen molar-refractivity contribution in [1.29, 1.82) is 0 Å². The van der Waals surface area contributed by atoms with E-state index in [1.54, 1.807) is 20.8 Å². The lowest BCUT2D eigenvalue weighted by atomic mass is 10.1. The highest BCUT2D eigenvalue weighted by atomic mass is 79.9. The summed E-state index contributed by atoms with van der Waals surface area (Å²) >= 11 is 3.26. The van der Waals surface area contributed by atoms with Gasteiger partial charge in [-0.25, -0.2) is 4.79 Å². The van der Waals surface area contributed by atoms with Crippen molar-refractivity contribution < 1.29 is 32.2 Å². The second-order valence-corrected chi connectivity index (χ2v) is 8.17. The SMILES string of the molecule is CC(C)(C)OC(=O)N(Cc1cc(Br)ccc1OC(F)(F)F)C1CCOCC1. The van der Waals surface area contributed by atoms with Gasteiger partial charge in [-0.05, 0) is 51.8 Å². The minimum absolute atomic E-state index is 0.0650. The van der Waals surface area contributed by atoms with Crippen molar-refractivity contribution in [3.8, 4) is 5.75 Å². The van der Waals surface area contributed by atoms with E-state index < -0.39 is 18.1 Å². The Hall–Kier alpha value is -1.48. The number of hydrogen-bond donors (Lipinski definition) is 0. The smallest absolute Gasteiger partial charge is 0.444 e. The van der Waals surface area contributed by atoms with E-state index in [-0.39, 0.29) is 23.9 Å². The number of rotatable bonds is 4. The van der Waals surface area contributed by atoms with Gasteiger partial charge in [-0.1, -0.05) is 15.9 Å². The molecule has 1 saturated heterocycles. The van der Waals surface area contributed by atoms with Crippen molar-refractivity contribution in [3.05, 3.63) is 28.2 Å². The third-order valence-electron chi connectivity index (χ3n) is 3.85. The molecule has 0 aromatic heterocycles. The van der Waals surface area contributed by atoms with E-state index >= 15 is 0 Å². The number of alkyl halides is 3. The first kappa shape index (κ1) is 21.8. The molecule has 0 saturated carbocycles. The maximum atomic E-state index is 12.7. The van der Waals surface area contributed by atoms with Crippen molar-refractivity contribution in [2.75, 3.05) is 13.2 Å². The number of carbonyl (C=O) groups excluding carboxylic acids is 1. The van der Waals surface area contributed by atoms with Crippen molar-refractivity contribution >= 4 is 22.0 Å². The third-order valence-corrected chi connectivity index (χ3v) is 4.34. The fraction of sp³-hybridized carbons (Fsp3) is 0.611. The predicted octanol–water partition coefficient (Wildman–Crippen LogP) is 5.26. The van der Waals surface area contributed by atoms with Gasteiger partial charge in [0.2, 0.25) is 0 Å². The van der Waals surface area contributed by atoms with Crippen LogP contribution in [0.1, 0.15) is 39.2 Å². The summed E-state index contributed by atoms with van der Waals surface area (Å²) in [6.45, 7) is 6.12. The molecular formula is C18H23BrF3NO4. The summed E-state index contributed by atoms with van der Waals surface area (Å²) in [6.07, 6.45) is -4.23. The van der Waals surface area contributed by atoms with E-state index in [9.17, 15) is 18.0 Å². The van der Waals surface area contributed by atoms with Crippen molar-refractivity contribution in [2.45, 2.75) is 58.2 Å². The minimum Gasteiger partial charge on any atom is -0.444 e. The molecule has 1 aliphatic heterocycles. The molecule has 2 rings (SSSR count). The molecule has 27 heavy (non-hydrogen) atoms. The van der Waals surface area contributed by atoms with E-state index in [1.807, 2.05) is 0 Å². The van der Waals surface area contributed by atoms with Gasteiger partial charge < -0.3 is 19.1 Å². The molecule has 0 bridgehead atoms. The van der Waals surface area contributed by atoms with Gasteiger partial charge in [-0.3, -0.25) is 0 Å². The Morgan fingerprint density at radius 3 is 2.44 bits per heavy atom. The zero-order valence-electron chi connectivity index (χ0n) is 15.4. The number of carbonyl (C=O) groups is 1.